The van der Waals surface area contributed by atoms with Crippen molar-refractivity contribution < 1.29 is 9.47 Å². The smallest absolute Gasteiger partial charge is 0.174 e. The van der Waals surface area contributed by atoms with Gasteiger partial charge in [0.05, 0.1) is 31.6 Å². The Morgan fingerprint density at radius 2 is 1.85 bits per heavy atom. The summed E-state index contributed by atoms with van der Waals surface area (Å²) in [6.45, 7) is 0. The van der Waals surface area contributed by atoms with Gasteiger partial charge in [-0.3, -0.25) is 4.98 Å². The molecule has 0 bridgehead atoms. The van der Waals surface area contributed by atoms with Crippen LogP contribution in [0, 0.1) is 0 Å². The quantitative estimate of drug-likeness (QED) is 0.314. The fourth-order valence-electron chi connectivity index (χ4n) is 4.40. The van der Waals surface area contributed by atoms with Crippen molar-refractivity contribution in [1.82, 2.24) is 14.9 Å². The first-order chi connectivity index (χ1) is 16.6. The molecule has 8 heteroatoms. The van der Waals surface area contributed by atoms with Crippen LogP contribution < -0.4 is 19.7 Å². The highest BCUT2D eigenvalue weighted by atomic mass is 79.9. The number of methoxy groups -OCH3 is 2. The second-order valence-electron chi connectivity index (χ2n) is 7.82. The van der Waals surface area contributed by atoms with E-state index < -0.39 is 0 Å². The largest absolute Gasteiger partial charge is 0.497 e. The maximum atomic E-state index is 5.89. The SMILES string of the molecule is COc1ccc(OC)c(N2C(=S)N[C@@H](c3ccccn3)[C@@H]2c2cccn2-c2cccc(Br)c2)c1. The van der Waals surface area contributed by atoms with Crippen LogP contribution in [0.15, 0.2) is 89.7 Å². The molecule has 1 saturated heterocycles. The van der Waals surface area contributed by atoms with E-state index in [9.17, 15) is 0 Å². The van der Waals surface area contributed by atoms with Crippen LogP contribution in [0.5, 0.6) is 11.5 Å². The van der Waals surface area contributed by atoms with Gasteiger partial charge in [0.2, 0.25) is 0 Å². The molecule has 0 amide bonds. The van der Waals surface area contributed by atoms with Gasteiger partial charge in [-0.05, 0) is 66.8 Å². The summed E-state index contributed by atoms with van der Waals surface area (Å²) < 4.78 is 14.4. The Kier molecular flexibility index (Phi) is 6.26. The lowest BCUT2D eigenvalue weighted by atomic mass is 10.0. The number of halogens is 1. The fraction of sp³-hybridized carbons (Fsp3) is 0.154. The Labute approximate surface area is 212 Å². The molecular weight excluding hydrogens is 512 g/mol. The zero-order chi connectivity index (χ0) is 23.7. The first kappa shape index (κ1) is 22.4. The van der Waals surface area contributed by atoms with E-state index in [1.54, 1.807) is 20.4 Å². The highest BCUT2D eigenvalue weighted by molar-refractivity contribution is 9.10. The molecule has 4 aromatic rings. The molecule has 5 rings (SSSR count). The average molecular weight is 535 g/mol. The van der Waals surface area contributed by atoms with E-state index in [2.05, 4.69) is 60.1 Å². The molecule has 0 unspecified atom stereocenters. The molecule has 3 heterocycles. The summed E-state index contributed by atoms with van der Waals surface area (Å²) in [4.78, 5) is 6.75. The summed E-state index contributed by atoms with van der Waals surface area (Å²) in [5.41, 5.74) is 3.83. The zero-order valence-corrected chi connectivity index (χ0v) is 21.1. The lowest BCUT2D eigenvalue weighted by Gasteiger charge is -2.30. The monoisotopic (exact) mass is 534 g/mol. The molecule has 0 radical (unpaired) electrons. The minimum absolute atomic E-state index is 0.176. The third-order valence-electron chi connectivity index (χ3n) is 5.91. The number of anilines is 1. The van der Waals surface area contributed by atoms with E-state index in [-0.39, 0.29) is 12.1 Å². The first-order valence-corrected chi connectivity index (χ1v) is 12.0. The third-order valence-corrected chi connectivity index (χ3v) is 6.72. The maximum Gasteiger partial charge on any atom is 0.174 e. The van der Waals surface area contributed by atoms with Crippen LogP contribution in [-0.2, 0) is 0 Å². The zero-order valence-electron chi connectivity index (χ0n) is 18.7. The second kappa shape index (κ2) is 9.48. The lowest BCUT2D eigenvalue weighted by Crippen LogP contribution is -2.30. The number of benzene rings is 2. The number of pyridine rings is 1. The number of thiocarbonyl (C=S) groups is 1. The van der Waals surface area contributed by atoms with E-state index in [1.165, 1.54) is 0 Å². The maximum absolute atomic E-state index is 5.89. The van der Waals surface area contributed by atoms with Gasteiger partial charge < -0.3 is 24.3 Å². The van der Waals surface area contributed by atoms with Gasteiger partial charge in [-0.2, -0.15) is 0 Å². The highest BCUT2D eigenvalue weighted by Gasteiger charge is 2.43. The number of aromatic nitrogens is 2. The van der Waals surface area contributed by atoms with Crippen LogP contribution in [0.2, 0.25) is 0 Å². The number of rotatable bonds is 6. The van der Waals surface area contributed by atoms with Gasteiger partial charge in [0, 0.05) is 34.3 Å². The van der Waals surface area contributed by atoms with Crippen LogP contribution in [0.1, 0.15) is 23.5 Å². The van der Waals surface area contributed by atoms with Crippen molar-refractivity contribution in [3.8, 4) is 17.2 Å². The van der Waals surface area contributed by atoms with Crippen molar-refractivity contribution in [2.24, 2.45) is 0 Å². The first-order valence-electron chi connectivity index (χ1n) is 10.8. The van der Waals surface area contributed by atoms with Crippen LogP contribution in [-0.4, -0.2) is 28.9 Å². The molecule has 0 spiro atoms. The minimum Gasteiger partial charge on any atom is -0.497 e. The molecule has 34 heavy (non-hydrogen) atoms. The number of nitrogens with zero attached hydrogens (tertiary/aromatic N) is 3. The number of hydrogen-bond donors (Lipinski definition) is 1. The molecule has 0 aliphatic carbocycles. The van der Waals surface area contributed by atoms with E-state index >= 15 is 0 Å². The molecule has 6 nitrogen and oxygen atoms in total. The Hall–Kier alpha value is -3.36. The van der Waals surface area contributed by atoms with Crippen molar-refractivity contribution in [1.29, 1.82) is 0 Å². The molecule has 2 atom stereocenters. The Morgan fingerprint density at radius 1 is 0.971 bits per heavy atom. The average Bonchev–Trinajstić information content (AvgIpc) is 3.48. The highest BCUT2D eigenvalue weighted by Crippen LogP contribution is 2.46. The molecule has 1 fully saturated rings. The van der Waals surface area contributed by atoms with Gasteiger partial charge in [0.25, 0.3) is 0 Å². The lowest BCUT2D eigenvalue weighted by molar-refractivity contribution is 0.402. The van der Waals surface area contributed by atoms with Crippen LogP contribution in [0.4, 0.5) is 5.69 Å². The van der Waals surface area contributed by atoms with Crippen LogP contribution in [0.3, 0.4) is 0 Å². The molecule has 0 saturated carbocycles. The van der Waals surface area contributed by atoms with Gasteiger partial charge in [0.15, 0.2) is 5.11 Å². The standard InChI is InChI=1S/C26H23BrN4O2S/c1-32-19-11-12-23(33-2)22(16-19)31-25(24(29-26(31)34)20-9-3-4-13-28-20)21-10-6-14-30(21)18-8-5-7-17(27)15-18/h3-16,24-25H,1-2H3,(H,29,34)/t24-,25-/m0/s1. The predicted molar refractivity (Wildman–Crippen MR) is 141 cm³/mol. The van der Waals surface area contributed by atoms with E-state index in [0.29, 0.717) is 10.9 Å². The molecule has 172 valence electrons. The summed E-state index contributed by atoms with van der Waals surface area (Å²) in [5.74, 6) is 1.43. The molecule has 2 aromatic carbocycles. The van der Waals surface area contributed by atoms with Crippen LogP contribution >= 0.6 is 28.1 Å². The summed E-state index contributed by atoms with van der Waals surface area (Å²) in [7, 11) is 3.31. The van der Waals surface area contributed by atoms with Crippen molar-refractivity contribution in [2.75, 3.05) is 19.1 Å². The summed E-state index contributed by atoms with van der Waals surface area (Å²) in [6.07, 6.45) is 3.87. The Morgan fingerprint density at radius 3 is 2.59 bits per heavy atom. The van der Waals surface area contributed by atoms with Gasteiger partial charge >= 0.3 is 0 Å². The minimum atomic E-state index is -0.197. The van der Waals surface area contributed by atoms with E-state index in [4.69, 9.17) is 21.7 Å². The Bertz CT molecular complexity index is 1330. The summed E-state index contributed by atoms with van der Waals surface area (Å²) in [5, 5.41) is 4.10. The fourth-order valence-corrected chi connectivity index (χ4v) is 5.12. The normalized spacial score (nSPS) is 17.5. The van der Waals surface area contributed by atoms with Crippen molar-refractivity contribution in [2.45, 2.75) is 12.1 Å². The van der Waals surface area contributed by atoms with Crippen molar-refractivity contribution in [3.05, 3.63) is 101 Å². The number of ether oxygens (including phenoxy) is 2. The topological polar surface area (TPSA) is 51.6 Å². The van der Waals surface area contributed by atoms with Crippen LogP contribution in [0.25, 0.3) is 5.69 Å². The molecule has 2 aromatic heterocycles. The predicted octanol–water partition coefficient (Wildman–Crippen LogP) is 5.83. The van der Waals surface area contributed by atoms with Crippen molar-refractivity contribution in [3.63, 3.8) is 0 Å². The summed E-state index contributed by atoms with van der Waals surface area (Å²) in [6, 6.07) is 23.7. The molecule has 1 N–H and O–H groups in total. The van der Waals surface area contributed by atoms with E-state index in [1.807, 2.05) is 54.6 Å². The van der Waals surface area contributed by atoms with E-state index in [0.717, 1.165) is 33.0 Å². The number of hydrogen-bond acceptors (Lipinski definition) is 4. The number of nitrogens with one attached hydrogen (secondary N) is 1. The van der Waals surface area contributed by atoms with Gasteiger partial charge in [-0.1, -0.05) is 28.1 Å². The third kappa shape index (κ3) is 4.03. The van der Waals surface area contributed by atoms with Gasteiger partial charge in [-0.15, -0.1) is 0 Å². The van der Waals surface area contributed by atoms with Gasteiger partial charge in [0.1, 0.15) is 17.5 Å². The molecule has 1 aliphatic rings. The second-order valence-corrected chi connectivity index (χ2v) is 9.12. The Balaban J connectivity index is 1.71. The molecule has 1 aliphatic heterocycles. The van der Waals surface area contributed by atoms with Gasteiger partial charge in [-0.25, -0.2) is 0 Å². The molecular formula is C26H23BrN4O2S. The van der Waals surface area contributed by atoms with Crippen molar-refractivity contribution >= 4 is 38.9 Å². The summed E-state index contributed by atoms with van der Waals surface area (Å²) >= 11 is 9.49.